The molecule has 0 spiro atoms. The summed E-state index contributed by atoms with van der Waals surface area (Å²) >= 11 is 6.62. The van der Waals surface area contributed by atoms with Crippen molar-refractivity contribution in [3.63, 3.8) is 0 Å². The minimum absolute atomic E-state index is 0.0640. The van der Waals surface area contributed by atoms with Crippen molar-refractivity contribution in [2.45, 2.75) is 51.3 Å². The predicted octanol–water partition coefficient (Wildman–Crippen LogP) is 5.94. The molecule has 0 aromatic carbocycles. The molecule has 0 aromatic rings. The van der Waals surface area contributed by atoms with E-state index < -0.39 is 0 Å². The molecule has 4 aliphatic heterocycles. The fourth-order valence-electron chi connectivity index (χ4n) is 3.49. The molecule has 4 rings (SSSR count). The molecule has 0 saturated carbocycles. The van der Waals surface area contributed by atoms with Crippen LogP contribution >= 0.6 is 33.1 Å². The van der Waals surface area contributed by atoms with Crippen molar-refractivity contribution >= 4 is 33.1 Å². The zero-order valence-corrected chi connectivity index (χ0v) is 13.2. The lowest BCUT2D eigenvalue weighted by atomic mass is 9.80. The first-order valence-corrected chi connectivity index (χ1v) is 11.6. The van der Waals surface area contributed by atoms with Crippen molar-refractivity contribution in [3.05, 3.63) is 0 Å². The fourth-order valence-corrected chi connectivity index (χ4v) is 38.3. The Balaban J connectivity index is 2.00. The van der Waals surface area contributed by atoms with Crippen molar-refractivity contribution in [2.75, 3.05) is 0 Å². The highest BCUT2D eigenvalue weighted by atomic mass is 35.7. The third-order valence-corrected chi connectivity index (χ3v) is 27.5. The smallest absolute Gasteiger partial charge is 0.0536 e. The van der Waals surface area contributed by atoms with Crippen molar-refractivity contribution in [1.29, 1.82) is 0 Å². The van der Waals surface area contributed by atoms with Crippen LogP contribution in [0.5, 0.6) is 0 Å². The number of hydrogen-bond acceptors (Lipinski definition) is 0. The second-order valence-electron chi connectivity index (χ2n) is 6.71. The lowest BCUT2D eigenvalue weighted by molar-refractivity contribution is 0.288. The molecule has 4 fully saturated rings. The maximum Gasteiger partial charge on any atom is 0.0536 e. The van der Waals surface area contributed by atoms with Gasteiger partial charge in [0.1, 0.15) is 0 Å². The molecule has 4 heteroatoms. The Morgan fingerprint density at radius 3 is 1.43 bits per heavy atom. The van der Waals surface area contributed by atoms with E-state index in [0.29, 0.717) is 30.6 Å². The zero-order valence-electron chi connectivity index (χ0n) is 9.72. The van der Waals surface area contributed by atoms with E-state index in [9.17, 15) is 0 Å². The third kappa shape index (κ3) is 0.671. The molecule has 0 nitrogen and oxygen atoms in total. The summed E-state index contributed by atoms with van der Waals surface area (Å²) in [5, 5.41) is 0. The Morgan fingerprint density at radius 2 is 1.29 bits per heavy atom. The fraction of sp³-hybridized carbons (Fsp3) is 1.00. The number of halogens is 1. The van der Waals surface area contributed by atoms with Gasteiger partial charge in [-0.15, -0.1) is 0 Å². The first-order chi connectivity index (χ1) is 6.15. The molecule has 4 heterocycles. The molecule has 0 amide bonds. The third-order valence-electron chi connectivity index (χ3n) is 4.01. The van der Waals surface area contributed by atoms with E-state index in [2.05, 4.69) is 41.5 Å². The summed E-state index contributed by atoms with van der Waals surface area (Å²) in [4.78, 5) is 1.44. The maximum absolute atomic E-state index is 6.62. The van der Waals surface area contributed by atoms with Gasteiger partial charge in [0.05, 0.1) is 4.90 Å². The predicted molar refractivity (Wildman–Crippen MR) is 71.0 cm³/mol. The topological polar surface area (TPSA) is 0 Å². The van der Waals surface area contributed by atoms with E-state index in [0.717, 1.165) is 4.90 Å². The van der Waals surface area contributed by atoms with Crippen molar-refractivity contribution in [3.8, 4) is 0 Å². The minimum Gasteiger partial charge on any atom is -0.0899 e. The Bertz CT molecular complexity index is 329. The molecule has 80 valence electrons. The Hall–Kier alpha value is 1.58. The molecule has 2 bridgehead atoms. The van der Waals surface area contributed by atoms with Gasteiger partial charge in [0, 0.05) is 11.9 Å². The first kappa shape index (κ1) is 10.7. The van der Waals surface area contributed by atoms with Gasteiger partial charge in [-0.3, -0.25) is 0 Å². The highest BCUT2D eigenvalue weighted by Crippen LogP contribution is 3.50. The van der Waals surface area contributed by atoms with Gasteiger partial charge in [-0.25, -0.2) is 0 Å². The van der Waals surface area contributed by atoms with Gasteiger partial charge in [0.25, 0.3) is 0 Å². The molecule has 0 radical (unpaired) electrons. The van der Waals surface area contributed by atoms with Gasteiger partial charge in [-0.05, 0) is 25.7 Å². The van der Waals surface area contributed by atoms with Crippen molar-refractivity contribution < 1.29 is 0 Å². The van der Waals surface area contributed by atoms with Crippen LogP contribution in [0.2, 0.25) is 0 Å². The van der Waals surface area contributed by atoms with Gasteiger partial charge in [0.2, 0.25) is 0 Å². The van der Waals surface area contributed by atoms with E-state index in [1.54, 1.807) is 0 Å². The average molecular weight is 267 g/mol. The van der Waals surface area contributed by atoms with E-state index in [4.69, 9.17) is 11.2 Å². The Kier molecular flexibility index (Phi) is 1.72. The summed E-state index contributed by atoms with van der Waals surface area (Å²) in [5.41, 5.74) is 1.00. The lowest BCUT2D eigenvalue weighted by Gasteiger charge is -2.58. The van der Waals surface area contributed by atoms with E-state index in [-0.39, 0.29) is 6.96 Å². The first-order valence-electron chi connectivity index (χ1n) is 5.21. The van der Waals surface area contributed by atoms with Gasteiger partial charge in [0.15, 0.2) is 0 Å². The SMILES string of the molecule is CC(C)(C)C12P(Cl)P3P1C32C(C)(C)C. The standard InChI is InChI=1S/C10H18ClP3/c1-7(2,3)9-10(8(4,5)6)12(9)14(10)13(9)11/h1-6H3. The largest absolute Gasteiger partial charge is 0.0899 e. The highest BCUT2D eigenvalue weighted by Gasteiger charge is 3.13. The summed E-state index contributed by atoms with van der Waals surface area (Å²) < 4.78 is 0. The summed E-state index contributed by atoms with van der Waals surface area (Å²) in [6, 6.07) is 0. The van der Waals surface area contributed by atoms with Crippen LogP contribution in [0.3, 0.4) is 0 Å². The molecule has 0 N–H and O–H groups in total. The van der Waals surface area contributed by atoms with Crippen LogP contribution in [-0.4, -0.2) is 9.79 Å². The van der Waals surface area contributed by atoms with Crippen molar-refractivity contribution in [2.24, 2.45) is 10.8 Å². The molecule has 4 aliphatic rings. The van der Waals surface area contributed by atoms with E-state index in [1.165, 1.54) is 0 Å². The van der Waals surface area contributed by atoms with Gasteiger partial charge in [-0.1, -0.05) is 52.8 Å². The second-order valence-corrected chi connectivity index (χ2v) is 19.3. The molecule has 4 saturated heterocycles. The molecular formula is C10H18ClP3. The summed E-state index contributed by atoms with van der Waals surface area (Å²) in [6.45, 7) is 14.5. The van der Waals surface area contributed by atoms with Crippen LogP contribution in [0, 0.1) is 10.8 Å². The van der Waals surface area contributed by atoms with E-state index in [1.807, 2.05) is 0 Å². The average Bonchev–Trinajstić information content (AvgIpc) is 2.60. The monoisotopic (exact) mass is 266 g/mol. The molecule has 5 unspecified atom stereocenters. The molecule has 0 aliphatic carbocycles. The van der Waals surface area contributed by atoms with Gasteiger partial charge >= 0.3 is 0 Å². The lowest BCUT2D eigenvalue weighted by Crippen LogP contribution is -2.47. The maximum atomic E-state index is 6.62. The Morgan fingerprint density at radius 1 is 0.857 bits per heavy atom. The summed E-state index contributed by atoms with van der Waals surface area (Å²) in [7, 11) is 0.768. The van der Waals surface area contributed by atoms with Crippen LogP contribution < -0.4 is 0 Å². The molecule has 0 aromatic heterocycles. The van der Waals surface area contributed by atoms with Crippen molar-refractivity contribution in [1.82, 2.24) is 0 Å². The highest BCUT2D eigenvalue weighted by molar-refractivity contribution is 8.92. The summed E-state index contributed by atoms with van der Waals surface area (Å²) in [5.74, 6) is 0. The van der Waals surface area contributed by atoms with Crippen LogP contribution in [0.1, 0.15) is 41.5 Å². The van der Waals surface area contributed by atoms with Crippen LogP contribution in [0.4, 0.5) is 0 Å². The second kappa shape index (κ2) is 2.25. The number of hydrogen-bond donors (Lipinski definition) is 0. The van der Waals surface area contributed by atoms with Gasteiger partial charge in [-0.2, -0.15) is 0 Å². The molecular weight excluding hydrogens is 248 g/mol. The van der Waals surface area contributed by atoms with E-state index >= 15 is 0 Å². The van der Waals surface area contributed by atoms with Crippen LogP contribution in [-0.2, 0) is 0 Å². The zero-order chi connectivity index (χ0) is 10.7. The quantitative estimate of drug-likeness (QED) is 0.476. The minimum atomic E-state index is -0.0640. The molecule has 5 atom stereocenters. The molecule has 14 heavy (non-hydrogen) atoms. The summed E-state index contributed by atoms with van der Waals surface area (Å²) in [6.07, 6.45) is 0. The Labute approximate surface area is 95.4 Å². The van der Waals surface area contributed by atoms with Crippen LogP contribution in [0.15, 0.2) is 0 Å². The van der Waals surface area contributed by atoms with Gasteiger partial charge < -0.3 is 0 Å². The normalized spacial score (nSPS) is 58.9. The van der Waals surface area contributed by atoms with Crippen LogP contribution in [0.25, 0.3) is 0 Å². The number of rotatable bonds is 0.